The fraction of sp³-hybridized carbons (Fsp3) is 0.161. The first-order chi connectivity index (χ1) is 19.3. The summed E-state index contributed by atoms with van der Waals surface area (Å²) in [6.45, 7) is 3.57. The molecule has 0 radical (unpaired) electrons. The van der Waals surface area contributed by atoms with Crippen molar-refractivity contribution < 1.29 is 14.0 Å². The van der Waals surface area contributed by atoms with Crippen LogP contribution in [0.25, 0.3) is 33.5 Å². The molecule has 8 nitrogen and oxygen atoms in total. The summed E-state index contributed by atoms with van der Waals surface area (Å²) in [6, 6.07) is 20.2. The molecule has 9 heteroatoms. The number of H-pyrrole nitrogens is 1. The van der Waals surface area contributed by atoms with Crippen LogP contribution in [0.4, 0.5) is 10.1 Å². The van der Waals surface area contributed by atoms with Crippen LogP contribution in [0.2, 0.25) is 0 Å². The van der Waals surface area contributed by atoms with Gasteiger partial charge < -0.3 is 20.9 Å². The number of carbonyl (C=O) groups is 2. The van der Waals surface area contributed by atoms with Crippen molar-refractivity contribution in [1.82, 2.24) is 25.6 Å². The summed E-state index contributed by atoms with van der Waals surface area (Å²) in [5.41, 5.74) is 3.58. The Bertz CT molecular complexity index is 1680. The lowest BCUT2D eigenvalue weighted by Crippen LogP contribution is -2.35. The van der Waals surface area contributed by atoms with Gasteiger partial charge in [-0.25, -0.2) is 9.37 Å². The number of likely N-dealkylation sites (N-methyl/N-ethyl adjacent to an activating group) is 1. The molecule has 0 saturated heterocycles. The summed E-state index contributed by atoms with van der Waals surface area (Å²) < 4.78 is 13.4. The predicted molar refractivity (Wildman–Crippen MR) is 154 cm³/mol. The number of benzene rings is 3. The van der Waals surface area contributed by atoms with Gasteiger partial charge in [0.05, 0.1) is 24.0 Å². The summed E-state index contributed by atoms with van der Waals surface area (Å²) in [6.07, 6.45) is 3.48. The van der Waals surface area contributed by atoms with Gasteiger partial charge in [-0.05, 0) is 68.2 Å². The Kier molecular flexibility index (Phi) is 7.65. The summed E-state index contributed by atoms with van der Waals surface area (Å²) in [5, 5.41) is 10.8. The highest BCUT2D eigenvalue weighted by Gasteiger charge is 2.17. The van der Waals surface area contributed by atoms with Gasteiger partial charge in [-0.3, -0.25) is 14.6 Å². The van der Waals surface area contributed by atoms with Gasteiger partial charge >= 0.3 is 0 Å². The molecule has 5 rings (SSSR count). The van der Waals surface area contributed by atoms with Gasteiger partial charge in [-0.15, -0.1) is 0 Å². The number of nitrogens with zero attached hydrogens (tertiary/aromatic N) is 2. The zero-order valence-corrected chi connectivity index (χ0v) is 22.3. The first-order valence-corrected chi connectivity index (χ1v) is 12.9. The minimum atomic E-state index is -0.433. The second-order valence-electron chi connectivity index (χ2n) is 9.61. The van der Waals surface area contributed by atoms with Crippen molar-refractivity contribution in [2.45, 2.75) is 25.9 Å². The molecule has 0 bridgehead atoms. The van der Waals surface area contributed by atoms with Crippen molar-refractivity contribution in [2.75, 3.05) is 12.4 Å². The third-order valence-electron chi connectivity index (χ3n) is 6.77. The van der Waals surface area contributed by atoms with Crippen LogP contribution in [0, 0.1) is 5.82 Å². The minimum absolute atomic E-state index is 0.239. The Morgan fingerprint density at radius 3 is 2.40 bits per heavy atom. The summed E-state index contributed by atoms with van der Waals surface area (Å²) in [5.74, 6) is -0.345. The van der Waals surface area contributed by atoms with Gasteiger partial charge in [-0.2, -0.15) is 0 Å². The zero-order chi connectivity index (χ0) is 28.2. The average molecular weight is 537 g/mol. The number of amides is 2. The summed E-state index contributed by atoms with van der Waals surface area (Å²) in [4.78, 5) is 38.3. The lowest BCUT2D eigenvalue weighted by Gasteiger charge is -2.16. The Balaban J connectivity index is 1.47. The van der Waals surface area contributed by atoms with E-state index in [1.165, 1.54) is 12.1 Å². The molecule has 1 unspecified atom stereocenters. The Hall–Kier alpha value is -4.89. The number of halogens is 1. The number of imidazole rings is 1. The molecule has 2 amide bonds. The third-order valence-corrected chi connectivity index (χ3v) is 6.77. The maximum absolute atomic E-state index is 13.4. The van der Waals surface area contributed by atoms with E-state index < -0.39 is 6.04 Å². The van der Waals surface area contributed by atoms with Gasteiger partial charge in [0.2, 0.25) is 5.91 Å². The lowest BCUT2D eigenvalue weighted by molar-refractivity contribution is -0.117. The van der Waals surface area contributed by atoms with Crippen LogP contribution in [0.15, 0.2) is 85.2 Å². The molecule has 5 aromatic rings. The molecule has 0 fully saturated rings. The van der Waals surface area contributed by atoms with Crippen molar-refractivity contribution in [3.63, 3.8) is 0 Å². The molecule has 0 spiro atoms. The van der Waals surface area contributed by atoms with Crippen LogP contribution in [-0.2, 0) is 4.79 Å². The summed E-state index contributed by atoms with van der Waals surface area (Å²) in [7, 11) is 1.70. The number of rotatable bonds is 8. The fourth-order valence-corrected chi connectivity index (χ4v) is 4.29. The molecule has 2 aromatic heterocycles. The van der Waals surface area contributed by atoms with Crippen molar-refractivity contribution in [3.05, 3.63) is 102 Å². The van der Waals surface area contributed by atoms with Crippen molar-refractivity contribution in [3.8, 4) is 22.8 Å². The number of aromatic amines is 1. The monoisotopic (exact) mass is 536 g/mol. The van der Waals surface area contributed by atoms with E-state index in [0.717, 1.165) is 16.3 Å². The number of carbonyl (C=O) groups excluding carboxylic acids is 2. The molecule has 0 aliphatic heterocycles. The largest absolute Gasteiger partial charge is 0.346 e. The maximum Gasteiger partial charge on any atom is 0.251 e. The number of hydrogen-bond donors (Lipinski definition) is 4. The van der Waals surface area contributed by atoms with Gasteiger partial charge in [0, 0.05) is 28.4 Å². The van der Waals surface area contributed by atoms with Crippen LogP contribution in [-0.4, -0.2) is 39.9 Å². The molecular formula is C31H29FN6O2. The van der Waals surface area contributed by atoms with Crippen molar-refractivity contribution >= 4 is 28.3 Å². The van der Waals surface area contributed by atoms with Crippen LogP contribution >= 0.6 is 0 Å². The highest BCUT2D eigenvalue weighted by Crippen LogP contribution is 2.27. The first kappa shape index (κ1) is 26.7. The number of anilines is 1. The molecule has 2 heterocycles. The van der Waals surface area contributed by atoms with Gasteiger partial charge in [0.1, 0.15) is 11.5 Å². The molecular weight excluding hydrogens is 507 g/mol. The molecule has 0 aliphatic rings. The Labute approximate surface area is 231 Å². The molecule has 40 heavy (non-hydrogen) atoms. The first-order valence-electron chi connectivity index (χ1n) is 12.9. The van der Waals surface area contributed by atoms with E-state index in [1.807, 2.05) is 37.3 Å². The van der Waals surface area contributed by atoms with Crippen molar-refractivity contribution in [2.24, 2.45) is 0 Å². The molecule has 202 valence electrons. The SMILES string of the molecule is CNC(C)C(=O)Nc1cc(C(=O)N[C@H](C)c2ccc(F)cc2)cc(-c2cnc(-c3cc4ccccc4cn3)[nH]2)c1. The quantitative estimate of drug-likeness (QED) is 0.210. The summed E-state index contributed by atoms with van der Waals surface area (Å²) >= 11 is 0. The number of fused-ring (bicyclic) bond motifs is 1. The second kappa shape index (κ2) is 11.5. The number of hydrogen-bond acceptors (Lipinski definition) is 5. The van der Waals surface area contributed by atoms with Gasteiger partial charge in [0.15, 0.2) is 5.82 Å². The van der Waals surface area contributed by atoms with Gasteiger partial charge in [-0.1, -0.05) is 36.4 Å². The lowest BCUT2D eigenvalue weighted by atomic mass is 10.0. The fourth-order valence-electron chi connectivity index (χ4n) is 4.29. The topological polar surface area (TPSA) is 112 Å². The van der Waals surface area contributed by atoms with E-state index in [0.29, 0.717) is 34.0 Å². The molecule has 3 aromatic carbocycles. The Morgan fingerprint density at radius 2 is 1.65 bits per heavy atom. The number of aromatic nitrogens is 3. The predicted octanol–water partition coefficient (Wildman–Crippen LogP) is 5.47. The van der Waals surface area contributed by atoms with E-state index in [4.69, 9.17) is 0 Å². The van der Waals surface area contributed by atoms with Crippen molar-refractivity contribution in [1.29, 1.82) is 0 Å². The highest BCUT2D eigenvalue weighted by molar-refractivity contribution is 6.00. The normalized spacial score (nSPS) is 12.6. The van der Waals surface area contributed by atoms with Gasteiger partial charge in [0.25, 0.3) is 5.91 Å². The molecule has 4 N–H and O–H groups in total. The third kappa shape index (κ3) is 5.89. The molecule has 0 saturated carbocycles. The highest BCUT2D eigenvalue weighted by atomic mass is 19.1. The van der Waals surface area contributed by atoms with Crippen LogP contribution < -0.4 is 16.0 Å². The zero-order valence-electron chi connectivity index (χ0n) is 22.3. The van der Waals surface area contributed by atoms with E-state index >= 15 is 0 Å². The van der Waals surface area contributed by atoms with Crippen LogP contribution in [0.3, 0.4) is 0 Å². The maximum atomic E-state index is 13.4. The number of pyridine rings is 1. The Morgan fingerprint density at radius 1 is 0.900 bits per heavy atom. The average Bonchev–Trinajstić information content (AvgIpc) is 3.47. The smallest absolute Gasteiger partial charge is 0.251 e. The van der Waals surface area contributed by atoms with E-state index in [2.05, 4.69) is 30.9 Å². The number of nitrogens with one attached hydrogen (secondary N) is 4. The molecule has 2 atom stereocenters. The molecule has 0 aliphatic carbocycles. The standard InChI is InChI=1S/C31H29FN6O2/c1-18(20-8-10-25(32)11-9-20)36-31(40)24-12-23(13-26(14-24)37-30(39)19(2)33-3)28-17-35-29(38-28)27-15-21-6-4-5-7-22(21)16-34-27/h4-19,33H,1-3H3,(H,35,38)(H,36,40)(H,37,39)/t18-,19?/m1/s1. The second-order valence-corrected chi connectivity index (χ2v) is 9.61. The van der Waals surface area contributed by atoms with Crippen LogP contribution in [0.1, 0.15) is 35.8 Å². The van der Waals surface area contributed by atoms with E-state index in [9.17, 15) is 14.0 Å². The van der Waals surface area contributed by atoms with E-state index in [-0.39, 0.29) is 23.7 Å². The van der Waals surface area contributed by atoms with E-state index in [1.54, 1.807) is 56.7 Å². The van der Waals surface area contributed by atoms with Crippen LogP contribution in [0.5, 0.6) is 0 Å². The minimum Gasteiger partial charge on any atom is -0.346 e.